The number of hydrogen-bond donors (Lipinski definition) is 2. The van der Waals surface area contributed by atoms with Gasteiger partial charge in [0, 0.05) is 18.2 Å². The first-order chi connectivity index (χ1) is 20.0. The maximum absolute atomic E-state index is 13.7. The van der Waals surface area contributed by atoms with Crippen molar-refractivity contribution < 1.29 is 23.9 Å². The van der Waals surface area contributed by atoms with E-state index in [9.17, 15) is 14.4 Å². The van der Waals surface area contributed by atoms with Crippen LogP contribution in [0.25, 0.3) is 12.2 Å². The Morgan fingerprint density at radius 2 is 1.46 bits per heavy atom. The lowest BCUT2D eigenvalue weighted by molar-refractivity contribution is -0.154. The zero-order valence-corrected chi connectivity index (χ0v) is 23.2. The molecule has 7 heteroatoms. The molecule has 41 heavy (non-hydrogen) atoms. The second-order valence-electron chi connectivity index (χ2n) is 9.95. The lowest BCUT2D eigenvalue weighted by atomic mass is 9.94. The molecule has 3 aromatic carbocycles. The van der Waals surface area contributed by atoms with E-state index in [0.717, 1.165) is 43.2 Å². The number of carbonyl (C=O) groups excluding carboxylic acids is 3. The largest absolute Gasteiger partial charge is 0.497 e. The van der Waals surface area contributed by atoms with E-state index in [-0.39, 0.29) is 6.04 Å². The summed E-state index contributed by atoms with van der Waals surface area (Å²) in [5.74, 6) is -0.908. The maximum Gasteiger partial charge on any atom is 0.331 e. The molecule has 0 bridgehead atoms. The molecule has 0 radical (unpaired) electrons. The molecule has 1 saturated carbocycles. The van der Waals surface area contributed by atoms with Crippen molar-refractivity contribution in [3.8, 4) is 5.75 Å². The monoisotopic (exact) mass is 552 g/mol. The van der Waals surface area contributed by atoms with E-state index in [4.69, 9.17) is 9.47 Å². The van der Waals surface area contributed by atoms with E-state index >= 15 is 0 Å². The van der Waals surface area contributed by atoms with E-state index in [0.29, 0.717) is 11.3 Å². The molecule has 7 nitrogen and oxygen atoms in total. The molecule has 0 saturated heterocycles. The van der Waals surface area contributed by atoms with Crippen LogP contribution in [0.4, 0.5) is 0 Å². The third kappa shape index (κ3) is 9.21. The Kier molecular flexibility index (Phi) is 10.9. The van der Waals surface area contributed by atoms with Gasteiger partial charge in [-0.05, 0) is 53.8 Å². The molecule has 1 fully saturated rings. The number of methoxy groups -OCH3 is 1. The predicted octanol–water partition coefficient (Wildman–Crippen LogP) is 5.64. The summed E-state index contributed by atoms with van der Waals surface area (Å²) >= 11 is 0. The van der Waals surface area contributed by atoms with Crippen molar-refractivity contribution in [2.75, 3.05) is 7.11 Å². The zero-order valence-electron chi connectivity index (χ0n) is 23.2. The molecule has 2 atom stereocenters. The van der Waals surface area contributed by atoms with E-state index in [2.05, 4.69) is 10.6 Å². The second kappa shape index (κ2) is 15.2. The highest BCUT2D eigenvalue weighted by molar-refractivity contribution is 5.94. The molecule has 0 spiro atoms. The number of rotatable bonds is 11. The van der Waals surface area contributed by atoms with Crippen LogP contribution in [-0.4, -0.2) is 37.0 Å². The Hall–Kier alpha value is -4.65. The molecule has 0 aromatic heterocycles. The first-order valence-electron chi connectivity index (χ1n) is 13.9. The number of esters is 1. The highest BCUT2D eigenvalue weighted by Gasteiger charge is 2.35. The number of hydrogen-bond acceptors (Lipinski definition) is 5. The predicted molar refractivity (Wildman–Crippen MR) is 160 cm³/mol. The number of benzene rings is 3. The highest BCUT2D eigenvalue weighted by Crippen LogP contribution is 2.23. The van der Waals surface area contributed by atoms with Gasteiger partial charge in [0.2, 0.25) is 12.0 Å². The molecular weight excluding hydrogens is 516 g/mol. The Morgan fingerprint density at radius 1 is 0.805 bits per heavy atom. The first-order valence-corrected chi connectivity index (χ1v) is 13.9. The van der Waals surface area contributed by atoms with E-state index < -0.39 is 29.9 Å². The quantitative estimate of drug-likeness (QED) is 0.237. The van der Waals surface area contributed by atoms with Gasteiger partial charge in [0.25, 0.3) is 5.91 Å². The molecule has 212 valence electrons. The zero-order chi connectivity index (χ0) is 28.9. The fourth-order valence-corrected chi connectivity index (χ4v) is 4.81. The minimum absolute atomic E-state index is 0.00474. The summed E-state index contributed by atoms with van der Waals surface area (Å²) in [5.41, 5.74) is 2.24. The van der Waals surface area contributed by atoms with Crippen molar-refractivity contribution in [1.82, 2.24) is 10.6 Å². The molecule has 2 N–H and O–H groups in total. The first kappa shape index (κ1) is 29.3. The van der Waals surface area contributed by atoms with Crippen molar-refractivity contribution in [3.63, 3.8) is 0 Å². The third-order valence-electron chi connectivity index (χ3n) is 6.94. The summed E-state index contributed by atoms with van der Waals surface area (Å²) in [4.78, 5) is 39.8. The smallest absolute Gasteiger partial charge is 0.331 e. The van der Waals surface area contributed by atoms with Gasteiger partial charge in [-0.1, -0.05) is 92.1 Å². The van der Waals surface area contributed by atoms with Gasteiger partial charge >= 0.3 is 5.97 Å². The summed E-state index contributed by atoms with van der Waals surface area (Å²) in [7, 11) is 1.57. The van der Waals surface area contributed by atoms with Crippen LogP contribution in [-0.2, 0) is 19.1 Å². The van der Waals surface area contributed by atoms with Crippen molar-refractivity contribution >= 4 is 29.9 Å². The molecule has 0 heterocycles. The van der Waals surface area contributed by atoms with Gasteiger partial charge in [-0.2, -0.15) is 0 Å². The molecule has 3 aromatic rings. The van der Waals surface area contributed by atoms with Gasteiger partial charge in [-0.25, -0.2) is 4.79 Å². The van der Waals surface area contributed by atoms with Crippen molar-refractivity contribution in [2.24, 2.45) is 0 Å². The minimum Gasteiger partial charge on any atom is -0.497 e. The van der Waals surface area contributed by atoms with Gasteiger partial charge < -0.3 is 20.1 Å². The summed E-state index contributed by atoms with van der Waals surface area (Å²) < 4.78 is 11.1. The number of amides is 2. The topological polar surface area (TPSA) is 93.7 Å². The Labute approximate surface area is 241 Å². The average molecular weight is 553 g/mol. The Bertz CT molecular complexity index is 1350. The van der Waals surface area contributed by atoms with Crippen LogP contribution >= 0.6 is 0 Å². The van der Waals surface area contributed by atoms with Crippen molar-refractivity contribution in [1.29, 1.82) is 0 Å². The molecule has 0 aliphatic heterocycles. The second-order valence-corrected chi connectivity index (χ2v) is 9.95. The van der Waals surface area contributed by atoms with Crippen LogP contribution in [0.2, 0.25) is 0 Å². The molecule has 4 rings (SSSR count). The number of carbonyl (C=O) groups is 3. The molecule has 1 aliphatic carbocycles. The Morgan fingerprint density at radius 3 is 2.17 bits per heavy atom. The summed E-state index contributed by atoms with van der Waals surface area (Å²) in [5, 5.41) is 5.98. The van der Waals surface area contributed by atoms with Crippen LogP contribution in [0.15, 0.2) is 97.1 Å². The Balaban J connectivity index is 1.59. The SMILES string of the molecule is COc1cccc(/C=C/C(=O)O[C@@H](C(=O)NC2CCCCC2)[C@@H](NC(=O)/C=C/c2ccccc2)c2ccccc2)c1. The summed E-state index contributed by atoms with van der Waals surface area (Å²) in [6.07, 6.45) is 9.60. The summed E-state index contributed by atoms with van der Waals surface area (Å²) in [6.45, 7) is 0. The van der Waals surface area contributed by atoms with Gasteiger partial charge in [0.05, 0.1) is 7.11 Å². The summed E-state index contributed by atoms with van der Waals surface area (Å²) in [6, 6.07) is 24.8. The normalized spacial score (nSPS) is 15.2. The van der Waals surface area contributed by atoms with Gasteiger partial charge in [-0.3, -0.25) is 9.59 Å². The minimum atomic E-state index is -1.30. The fourth-order valence-electron chi connectivity index (χ4n) is 4.81. The molecule has 0 unspecified atom stereocenters. The standard InChI is InChI=1S/C34H36N2O5/c1-40-29-19-11-14-26(24-29)21-23-31(38)41-33(34(39)35-28-17-9-4-10-18-28)32(27-15-7-3-8-16-27)36-30(37)22-20-25-12-5-2-6-13-25/h2-3,5-8,11-16,19-24,28,32-33H,4,9-10,17-18H2,1H3,(H,35,39)(H,36,37)/b22-20+,23-21+/t32-,33+/m0/s1. The van der Waals surface area contributed by atoms with Gasteiger partial charge in [0.1, 0.15) is 11.8 Å². The van der Waals surface area contributed by atoms with Crippen LogP contribution in [0.1, 0.15) is 54.8 Å². The van der Waals surface area contributed by atoms with E-state index in [1.54, 1.807) is 43.5 Å². The fraction of sp³-hybridized carbons (Fsp3) is 0.265. The van der Waals surface area contributed by atoms with Gasteiger partial charge in [0.15, 0.2) is 0 Å². The van der Waals surface area contributed by atoms with Crippen LogP contribution in [0.3, 0.4) is 0 Å². The van der Waals surface area contributed by atoms with Gasteiger partial charge in [-0.15, -0.1) is 0 Å². The maximum atomic E-state index is 13.7. The van der Waals surface area contributed by atoms with E-state index in [1.165, 1.54) is 12.2 Å². The van der Waals surface area contributed by atoms with Crippen molar-refractivity contribution in [3.05, 3.63) is 114 Å². The van der Waals surface area contributed by atoms with Crippen LogP contribution in [0, 0.1) is 0 Å². The number of nitrogens with one attached hydrogen (secondary N) is 2. The molecule has 1 aliphatic rings. The molecular formula is C34H36N2O5. The lowest BCUT2D eigenvalue weighted by Crippen LogP contribution is -2.50. The lowest BCUT2D eigenvalue weighted by Gasteiger charge is -2.30. The third-order valence-corrected chi connectivity index (χ3v) is 6.94. The van der Waals surface area contributed by atoms with Crippen LogP contribution < -0.4 is 15.4 Å². The molecule has 2 amide bonds. The van der Waals surface area contributed by atoms with Crippen LogP contribution in [0.5, 0.6) is 5.75 Å². The van der Waals surface area contributed by atoms with Crippen molar-refractivity contribution in [2.45, 2.75) is 50.3 Å². The van der Waals surface area contributed by atoms with E-state index in [1.807, 2.05) is 60.7 Å². The highest BCUT2D eigenvalue weighted by atomic mass is 16.5. The average Bonchev–Trinajstić information content (AvgIpc) is 3.02. The number of ether oxygens (including phenoxy) is 2.